The lowest BCUT2D eigenvalue weighted by Gasteiger charge is -2.09. The van der Waals surface area contributed by atoms with Crippen molar-refractivity contribution in [3.05, 3.63) is 133 Å². The Kier molecular flexibility index (Phi) is 5.48. The van der Waals surface area contributed by atoms with Gasteiger partial charge in [-0.05, 0) is 48.5 Å². The molecular formula is C38H28N2S. The van der Waals surface area contributed by atoms with Gasteiger partial charge < -0.3 is 9.13 Å². The summed E-state index contributed by atoms with van der Waals surface area (Å²) in [5, 5.41) is 7.77. The van der Waals surface area contributed by atoms with Crippen LogP contribution in [0, 0.1) is 0 Å². The Morgan fingerprint density at radius 1 is 0.415 bits per heavy atom. The van der Waals surface area contributed by atoms with Crippen molar-refractivity contribution in [1.82, 2.24) is 9.13 Å². The Balaban J connectivity index is 0.00000125. The van der Waals surface area contributed by atoms with Gasteiger partial charge in [-0.2, -0.15) is 0 Å². The third kappa shape index (κ3) is 3.43. The molecule has 0 radical (unpaired) electrons. The van der Waals surface area contributed by atoms with Crippen molar-refractivity contribution >= 4 is 75.1 Å². The number of benzene rings is 6. The molecule has 3 aromatic heterocycles. The summed E-state index contributed by atoms with van der Waals surface area (Å²) < 4.78 is 7.47. The van der Waals surface area contributed by atoms with Crippen LogP contribution in [-0.4, -0.2) is 9.13 Å². The second-order valence-corrected chi connectivity index (χ2v) is 11.2. The maximum atomic E-state index is 2.44. The highest BCUT2D eigenvalue weighted by Gasteiger charge is 2.17. The lowest BCUT2D eigenvalue weighted by Crippen LogP contribution is -1.94. The first-order valence-electron chi connectivity index (χ1n) is 14.3. The predicted molar refractivity (Wildman–Crippen MR) is 179 cm³/mol. The van der Waals surface area contributed by atoms with Crippen LogP contribution >= 0.6 is 11.3 Å². The number of nitrogens with zero attached hydrogens (tertiary/aromatic N) is 2. The van der Waals surface area contributed by atoms with Gasteiger partial charge in [-0.25, -0.2) is 0 Å². The van der Waals surface area contributed by atoms with E-state index in [4.69, 9.17) is 0 Å². The minimum atomic E-state index is 1.20. The van der Waals surface area contributed by atoms with E-state index < -0.39 is 0 Å². The SMILES string of the molecule is CC.c1cc(-n2c3ccccc3c3ccccc32)c2sc3ccc(-n4c5ccccc5c5ccccc54)cc3c2c1. The summed E-state index contributed by atoms with van der Waals surface area (Å²) in [6.45, 7) is 4.00. The highest BCUT2D eigenvalue weighted by molar-refractivity contribution is 7.26. The van der Waals surface area contributed by atoms with E-state index in [-0.39, 0.29) is 0 Å². The molecule has 0 fully saturated rings. The fraction of sp³-hybridized carbons (Fsp3) is 0.0526. The highest BCUT2D eigenvalue weighted by atomic mass is 32.1. The highest BCUT2D eigenvalue weighted by Crippen LogP contribution is 2.42. The topological polar surface area (TPSA) is 9.86 Å². The van der Waals surface area contributed by atoms with Crippen LogP contribution in [0.5, 0.6) is 0 Å². The number of hydrogen-bond donors (Lipinski definition) is 0. The van der Waals surface area contributed by atoms with Crippen molar-refractivity contribution in [3.63, 3.8) is 0 Å². The molecule has 0 saturated heterocycles. The van der Waals surface area contributed by atoms with Crippen molar-refractivity contribution in [2.24, 2.45) is 0 Å². The normalized spacial score (nSPS) is 11.7. The molecular weight excluding hydrogens is 516 g/mol. The minimum Gasteiger partial charge on any atom is -0.309 e. The van der Waals surface area contributed by atoms with Gasteiger partial charge in [0.15, 0.2) is 0 Å². The lowest BCUT2D eigenvalue weighted by molar-refractivity contribution is 1.19. The van der Waals surface area contributed by atoms with Crippen molar-refractivity contribution in [2.45, 2.75) is 13.8 Å². The molecule has 0 saturated carbocycles. The van der Waals surface area contributed by atoms with Crippen LogP contribution in [0.1, 0.15) is 13.8 Å². The minimum absolute atomic E-state index is 1.20. The van der Waals surface area contributed by atoms with E-state index in [1.54, 1.807) is 0 Å². The first kappa shape index (κ1) is 24.0. The summed E-state index contributed by atoms with van der Waals surface area (Å²) in [5.74, 6) is 0. The summed E-state index contributed by atoms with van der Waals surface area (Å²) in [7, 11) is 0. The molecule has 3 heterocycles. The van der Waals surface area contributed by atoms with Crippen LogP contribution in [0.3, 0.4) is 0 Å². The van der Waals surface area contributed by atoms with Gasteiger partial charge in [0.25, 0.3) is 0 Å². The molecule has 0 atom stereocenters. The zero-order valence-corrected chi connectivity index (χ0v) is 23.8. The molecule has 3 heteroatoms. The van der Waals surface area contributed by atoms with Crippen LogP contribution in [0.2, 0.25) is 0 Å². The predicted octanol–water partition coefficient (Wildman–Crippen LogP) is 11.3. The van der Waals surface area contributed by atoms with Crippen molar-refractivity contribution in [2.75, 3.05) is 0 Å². The lowest BCUT2D eigenvalue weighted by atomic mass is 10.1. The molecule has 9 aromatic rings. The summed E-state index contributed by atoms with van der Waals surface area (Å²) >= 11 is 1.89. The first-order chi connectivity index (χ1) is 20.4. The molecule has 196 valence electrons. The van der Waals surface area contributed by atoms with Gasteiger partial charge >= 0.3 is 0 Å². The zero-order chi connectivity index (χ0) is 27.5. The van der Waals surface area contributed by atoms with E-state index in [1.165, 1.54) is 75.2 Å². The summed E-state index contributed by atoms with van der Waals surface area (Å²) in [5.41, 5.74) is 7.41. The smallest absolute Gasteiger partial charge is 0.0640 e. The zero-order valence-electron chi connectivity index (χ0n) is 23.0. The molecule has 0 unspecified atom stereocenters. The third-order valence-electron chi connectivity index (χ3n) is 8.12. The number of rotatable bonds is 2. The van der Waals surface area contributed by atoms with E-state index >= 15 is 0 Å². The quantitative estimate of drug-likeness (QED) is 0.205. The van der Waals surface area contributed by atoms with Crippen LogP contribution < -0.4 is 0 Å². The molecule has 0 N–H and O–H groups in total. The number of hydrogen-bond acceptors (Lipinski definition) is 1. The van der Waals surface area contributed by atoms with Gasteiger partial charge in [-0.3, -0.25) is 0 Å². The van der Waals surface area contributed by atoms with Gasteiger partial charge in [0, 0.05) is 42.7 Å². The molecule has 0 aliphatic carbocycles. The summed E-state index contributed by atoms with van der Waals surface area (Å²) in [6, 6.07) is 48.6. The summed E-state index contributed by atoms with van der Waals surface area (Å²) in [4.78, 5) is 0. The van der Waals surface area contributed by atoms with E-state index in [1.807, 2.05) is 25.2 Å². The maximum absolute atomic E-state index is 2.44. The number of fused-ring (bicyclic) bond motifs is 9. The Morgan fingerprint density at radius 3 is 1.41 bits per heavy atom. The monoisotopic (exact) mass is 544 g/mol. The Bertz CT molecular complexity index is 2290. The Labute approximate surface area is 242 Å². The molecule has 9 rings (SSSR count). The Hall–Kier alpha value is -4.86. The Morgan fingerprint density at radius 2 is 0.878 bits per heavy atom. The van der Waals surface area contributed by atoms with Crippen LogP contribution in [0.15, 0.2) is 133 Å². The van der Waals surface area contributed by atoms with E-state index in [0.717, 1.165) is 0 Å². The molecule has 41 heavy (non-hydrogen) atoms. The van der Waals surface area contributed by atoms with E-state index in [9.17, 15) is 0 Å². The van der Waals surface area contributed by atoms with Crippen molar-refractivity contribution in [3.8, 4) is 11.4 Å². The summed E-state index contributed by atoms with van der Waals surface area (Å²) in [6.07, 6.45) is 0. The molecule has 0 amide bonds. The standard InChI is InChI=1S/C36H22N2S.C2H6/c1-5-15-30-24(10-1)25-11-2-6-16-31(25)37(30)23-20-21-35-29(22-23)28-14-9-19-34(36(28)39-35)38-32-17-7-3-12-26(32)27-13-4-8-18-33(27)38;1-2/h1-22H;1-2H3. The maximum Gasteiger partial charge on any atom is 0.0640 e. The van der Waals surface area contributed by atoms with Gasteiger partial charge in [0.1, 0.15) is 0 Å². The number of para-hydroxylation sites is 4. The second-order valence-electron chi connectivity index (χ2n) is 10.2. The second kappa shape index (κ2) is 9.36. The van der Waals surface area contributed by atoms with Gasteiger partial charge in [-0.15, -0.1) is 11.3 Å². The first-order valence-corrected chi connectivity index (χ1v) is 15.1. The molecule has 6 aromatic carbocycles. The van der Waals surface area contributed by atoms with E-state index in [2.05, 4.69) is 143 Å². The fourth-order valence-electron chi connectivity index (χ4n) is 6.47. The van der Waals surface area contributed by atoms with E-state index in [0.29, 0.717) is 0 Å². The number of thiophene rings is 1. The van der Waals surface area contributed by atoms with Crippen LogP contribution in [0.4, 0.5) is 0 Å². The van der Waals surface area contributed by atoms with Crippen molar-refractivity contribution < 1.29 is 0 Å². The largest absolute Gasteiger partial charge is 0.309 e. The van der Waals surface area contributed by atoms with Crippen LogP contribution in [-0.2, 0) is 0 Å². The average molecular weight is 545 g/mol. The van der Waals surface area contributed by atoms with Gasteiger partial charge in [0.05, 0.1) is 32.5 Å². The molecule has 0 aliphatic rings. The molecule has 2 nitrogen and oxygen atoms in total. The third-order valence-corrected chi connectivity index (χ3v) is 9.33. The molecule has 0 bridgehead atoms. The van der Waals surface area contributed by atoms with Gasteiger partial charge in [0.2, 0.25) is 0 Å². The average Bonchev–Trinajstić information content (AvgIpc) is 3.70. The molecule has 0 spiro atoms. The van der Waals surface area contributed by atoms with Crippen molar-refractivity contribution in [1.29, 1.82) is 0 Å². The van der Waals surface area contributed by atoms with Gasteiger partial charge in [-0.1, -0.05) is 98.8 Å². The van der Waals surface area contributed by atoms with Crippen LogP contribution in [0.25, 0.3) is 75.2 Å². The molecule has 0 aliphatic heterocycles. The fourth-order valence-corrected chi connectivity index (χ4v) is 7.66. The number of aromatic nitrogens is 2.